The average Bonchev–Trinajstić information content (AvgIpc) is 2.56. The number of anilines is 1. The minimum atomic E-state index is -0.0722. The van der Waals surface area contributed by atoms with Crippen molar-refractivity contribution < 1.29 is 9.59 Å². The molecule has 3 heteroatoms. The second-order valence-corrected chi connectivity index (χ2v) is 10.3. The lowest BCUT2D eigenvalue weighted by atomic mass is 9.79. The van der Waals surface area contributed by atoms with E-state index in [2.05, 4.69) is 46.9 Å². The Morgan fingerprint density at radius 3 is 1.75 bits per heavy atom. The molecule has 1 aliphatic carbocycles. The van der Waals surface area contributed by atoms with E-state index < -0.39 is 0 Å². The van der Waals surface area contributed by atoms with Gasteiger partial charge in [-0.1, -0.05) is 77.9 Å². The summed E-state index contributed by atoms with van der Waals surface area (Å²) in [6, 6.07) is 12.9. The number of hydrogen-bond acceptors (Lipinski definition) is 3. The van der Waals surface area contributed by atoms with Crippen LogP contribution in [0.25, 0.3) is 0 Å². The standard InChI is InChI=1S/C25H31NO2/c1-24(2,3)14-16(15-25(4,5)6)26-20-13-9-12-19-21(20)23(28)18-11-8-7-10-17(18)22(19)27/h7-13,16,26H,14-15H2,1-6H3. The van der Waals surface area contributed by atoms with Gasteiger partial charge in [0.25, 0.3) is 0 Å². The Bertz CT molecular complexity index is 897. The first-order valence-electron chi connectivity index (χ1n) is 10.0. The smallest absolute Gasteiger partial charge is 0.196 e. The van der Waals surface area contributed by atoms with Crippen LogP contribution in [0.4, 0.5) is 5.69 Å². The van der Waals surface area contributed by atoms with Crippen molar-refractivity contribution in [3.63, 3.8) is 0 Å². The molecule has 1 N–H and O–H groups in total. The fourth-order valence-corrected chi connectivity index (χ4v) is 4.14. The lowest BCUT2D eigenvalue weighted by Crippen LogP contribution is -2.31. The number of rotatable bonds is 4. The number of carbonyl (C=O) groups is 2. The summed E-state index contributed by atoms with van der Waals surface area (Å²) >= 11 is 0. The Morgan fingerprint density at radius 1 is 0.714 bits per heavy atom. The molecule has 0 atom stereocenters. The summed E-state index contributed by atoms with van der Waals surface area (Å²) in [4.78, 5) is 26.2. The summed E-state index contributed by atoms with van der Waals surface area (Å²) in [6.45, 7) is 13.4. The molecule has 3 rings (SSSR count). The van der Waals surface area contributed by atoms with Crippen LogP contribution in [-0.4, -0.2) is 17.6 Å². The van der Waals surface area contributed by atoms with Crippen molar-refractivity contribution in [1.82, 2.24) is 0 Å². The van der Waals surface area contributed by atoms with E-state index in [0.29, 0.717) is 22.3 Å². The zero-order valence-corrected chi connectivity index (χ0v) is 17.8. The highest BCUT2D eigenvalue weighted by Crippen LogP contribution is 2.35. The topological polar surface area (TPSA) is 46.2 Å². The quantitative estimate of drug-likeness (QED) is 0.596. The average molecular weight is 378 g/mol. The van der Waals surface area contributed by atoms with Gasteiger partial charge < -0.3 is 5.32 Å². The lowest BCUT2D eigenvalue weighted by molar-refractivity contribution is 0.0979. The van der Waals surface area contributed by atoms with Gasteiger partial charge in [-0.2, -0.15) is 0 Å². The fraction of sp³-hybridized carbons (Fsp3) is 0.440. The van der Waals surface area contributed by atoms with Crippen molar-refractivity contribution in [3.8, 4) is 0 Å². The molecule has 0 bridgehead atoms. The molecular weight excluding hydrogens is 346 g/mol. The zero-order valence-electron chi connectivity index (χ0n) is 17.8. The molecule has 0 amide bonds. The van der Waals surface area contributed by atoms with Gasteiger partial charge in [0.2, 0.25) is 0 Å². The maximum atomic E-state index is 13.2. The van der Waals surface area contributed by atoms with E-state index in [0.717, 1.165) is 18.5 Å². The number of fused-ring (bicyclic) bond motifs is 2. The van der Waals surface area contributed by atoms with Crippen LogP contribution in [0.3, 0.4) is 0 Å². The highest BCUT2D eigenvalue weighted by molar-refractivity contribution is 6.30. The third kappa shape index (κ3) is 4.35. The van der Waals surface area contributed by atoms with Crippen LogP contribution in [0.2, 0.25) is 0 Å². The van der Waals surface area contributed by atoms with Crippen molar-refractivity contribution in [2.45, 2.75) is 60.4 Å². The minimum absolute atomic E-state index is 0.0708. The Hall–Kier alpha value is -2.42. The van der Waals surface area contributed by atoms with Crippen LogP contribution in [0.5, 0.6) is 0 Å². The summed E-state index contributed by atoms with van der Waals surface area (Å²) in [5, 5.41) is 3.63. The number of hydrogen-bond donors (Lipinski definition) is 1. The number of nitrogens with one attached hydrogen (secondary N) is 1. The monoisotopic (exact) mass is 377 g/mol. The molecule has 0 heterocycles. The van der Waals surface area contributed by atoms with Crippen LogP contribution in [0.15, 0.2) is 42.5 Å². The van der Waals surface area contributed by atoms with Crippen molar-refractivity contribution in [2.24, 2.45) is 10.8 Å². The van der Waals surface area contributed by atoms with Crippen LogP contribution < -0.4 is 5.32 Å². The van der Waals surface area contributed by atoms with Gasteiger partial charge in [-0.15, -0.1) is 0 Å². The number of carbonyl (C=O) groups excluding carboxylic acids is 2. The first-order chi connectivity index (χ1) is 13.0. The van der Waals surface area contributed by atoms with Gasteiger partial charge in [0, 0.05) is 28.4 Å². The molecule has 0 saturated heterocycles. The molecule has 0 aromatic heterocycles. The van der Waals surface area contributed by atoms with Gasteiger partial charge >= 0.3 is 0 Å². The van der Waals surface area contributed by atoms with Gasteiger partial charge in [0.15, 0.2) is 11.6 Å². The summed E-state index contributed by atoms with van der Waals surface area (Å²) in [5.74, 6) is -0.143. The van der Waals surface area contributed by atoms with Crippen molar-refractivity contribution in [3.05, 3.63) is 64.7 Å². The van der Waals surface area contributed by atoms with Gasteiger partial charge in [-0.3, -0.25) is 9.59 Å². The molecule has 2 aromatic carbocycles. The number of benzene rings is 2. The first-order valence-corrected chi connectivity index (χ1v) is 10.0. The molecule has 0 aliphatic heterocycles. The van der Waals surface area contributed by atoms with Crippen LogP contribution in [0, 0.1) is 10.8 Å². The molecule has 3 nitrogen and oxygen atoms in total. The normalized spacial score (nSPS) is 14.1. The van der Waals surface area contributed by atoms with Crippen molar-refractivity contribution in [1.29, 1.82) is 0 Å². The predicted octanol–water partition coefficient (Wildman–Crippen LogP) is 6.11. The Kier molecular flexibility index (Phi) is 5.22. The largest absolute Gasteiger partial charge is 0.382 e. The molecule has 0 fully saturated rings. The SMILES string of the molecule is CC(C)(C)CC(CC(C)(C)C)Nc1cccc2c1C(=O)c1ccccc1C2=O. The van der Waals surface area contributed by atoms with Crippen LogP contribution in [0.1, 0.15) is 86.2 Å². The van der Waals surface area contributed by atoms with Gasteiger partial charge in [-0.25, -0.2) is 0 Å². The van der Waals surface area contributed by atoms with Crippen molar-refractivity contribution in [2.75, 3.05) is 5.32 Å². The van der Waals surface area contributed by atoms with E-state index in [1.165, 1.54) is 0 Å². The lowest BCUT2D eigenvalue weighted by Gasteiger charge is -2.33. The maximum Gasteiger partial charge on any atom is 0.196 e. The molecule has 0 unspecified atom stereocenters. The third-order valence-electron chi connectivity index (χ3n) is 5.03. The summed E-state index contributed by atoms with van der Waals surface area (Å²) in [6.07, 6.45) is 1.96. The molecule has 2 aromatic rings. The van der Waals surface area contributed by atoms with Gasteiger partial charge in [0.1, 0.15) is 0 Å². The Labute approximate surface area is 168 Å². The fourth-order valence-electron chi connectivity index (χ4n) is 4.14. The van der Waals surface area contributed by atoms with Crippen LogP contribution in [-0.2, 0) is 0 Å². The Morgan fingerprint density at radius 2 is 1.21 bits per heavy atom. The zero-order chi connectivity index (χ0) is 20.7. The van der Waals surface area contributed by atoms with E-state index in [1.54, 1.807) is 24.3 Å². The van der Waals surface area contributed by atoms with E-state index in [1.807, 2.05) is 18.2 Å². The molecule has 0 radical (unpaired) electrons. The predicted molar refractivity (Wildman–Crippen MR) is 115 cm³/mol. The van der Waals surface area contributed by atoms with Crippen LogP contribution >= 0.6 is 0 Å². The molecule has 0 spiro atoms. The van der Waals surface area contributed by atoms with E-state index >= 15 is 0 Å². The van der Waals surface area contributed by atoms with Crippen molar-refractivity contribution >= 4 is 17.3 Å². The summed E-state index contributed by atoms with van der Waals surface area (Å²) in [5.41, 5.74) is 3.09. The molecule has 0 saturated carbocycles. The highest BCUT2D eigenvalue weighted by Gasteiger charge is 2.32. The van der Waals surface area contributed by atoms with E-state index in [-0.39, 0.29) is 28.4 Å². The molecule has 1 aliphatic rings. The summed E-state index contributed by atoms with van der Waals surface area (Å²) in [7, 11) is 0. The molecule has 28 heavy (non-hydrogen) atoms. The second-order valence-electron chi connectivity index (χ2n) is 10.3. The maximum absolute atomic E-state index is 13.2. The van der Waals surface area contributed by atoms with Gasteiger partial charge in [0.05, 0.1) is 5.56 Å². The van der Waals surface area contributed by atoms with Gasteiger partial charge in [-0.05, 0) is 29.7 Å². The number of ketones is 2. The Balaban J connectivity index is 2.02. The van der Waals surface area contributed by atoms with E-state index in [4.69, 9.17) is 0 Å². The molecular formula is C25H31NO2. The first kappa shape index (κ1) is 20.3. The minimum Gasteiger partial charge on any atom is -0.382 e. The highest BCUT2D eigenvalue weighted by atomic mass is 16.1. The molecule has 148 valence electrons. The summed E-state index contributed by atoms with van der Waals surface area (Å²) < 4.78 is 0. The van der Waals surface area contributed by atoms with E-state index in [9.17, 15) is 9.59 Å². The third-order valence-corrected chi connectivity index (χ3v) is 5.03. The second kappa shape index (κ2) is 7.20.